The zero-order chi connectivity index (χ0) is 15.4. The number of rotatable bonds is 2. The molecule has 0 unspecified atom stereocenters. The lowest BCUT2D eigenvalue weighted by Crippen LogP contribution is -2.21. The maximum atomic E-state index is 12.0. The third kappa shape index (κ3) is 1.46. The number of carbonyl (C=O) groups excluding carboxylic acids is 2. The molecule has 22 heavy (non-hydrogen) atoms. The van der Waals surface area contributed by atoms with Crippen molar-refractivity contribution < 1.29 is 9.59 Å². The highest BCUT2D eigenvalue weighted by molar-refractivity contribution is 6.24. The van der Waals surface area contributed by atoms with Crippen LogP contribution in [0.3, 0.4) is 0 Å². The summed E-state index contributed by atoms with van der Waals surface area (Å²) in [7, 11) is 0. The van der Waals surface area contributed by atoms with Crippen LogP contribution in [0.1, 0.15) is 20.7 Å². The molecule has 0 aliphatic heterocycles. The summed E-state index contributed by atoms with van der Waals surface area (Å²) in [6.45, 7) is 0. The van der Waals surface area contributed by atoms with Crippen LogP contribution in [-0.4, -0.2) is 11.8 Å². The molecule has 0 saturated carbocycles. The van der Waals surface area contributed by atoms with E-state index in [0.717, 1.165) is 27.5 Å². The summed E-state index contributed by atoms with van der Waals surface area (Å²) >= 11 is 0. The fourth-order valence-electron chi connectivity index (χ4n) is 3.34. The van der Waals surface area contributed by atoms with Crippen LogP contribution in [-0.2, 0) is 0 Å². The molecule has 1 aliphatic carbocycles. The predicted octanol–water partition coefficient (Wildman–Crippen LogP) is 2.69. The summed E-state index contributed by atoms with van der Waals surface area (Å²) in [5.74, 6) is -1.29. The van der Waals surface area contributed by atoms with Gasteiger partial charge in [0, 0.05) is 5.56 Å². The Labute approximate surface area is 126 Å². The van der Waals surface area contributed by atoms with Gasteiger partial charge in [0.25, 0.3) is 0 Å². The second kappa shape index (κ2) is 4.18. The Bertz CT molecular complexity index is 990. The molecule has 0 radical (unpaired) electrons. The zero-order valence-electron chi connectivity index (χ0n) is 11.6. The number of fused-ring (bicyclic) bond motifs is 3. The van der Waals surface area contributed by atoms with Crippen LogP contribution in [0.5, 0.6) is 0 Å². The van der Waals surface area contributed by atoms with Crippen LogP contribution >= 0.6 is 0 Å². The molecular weight excluding hydrogens is 276 g/mol. The van der Waals surface area contributed by atoms with Gasteiger partial charge >= 0.3 is 0 Å². The molecule has 4 N–H and O–H groups in total. The lowest BCUT2D eigenvalue weighted by molar-refractivity contribution is 0.0968. The first kappa shape index (κ1) is 12.6. The Hall–Kier alpha value is -3.14. The van der Waals surface area contributed by atoms with Crippen LogP contribution in [0, 0.1) is 0 Å². The lowest BCUT2D eigenvalue weighted by atomic mass is 9.92. The van der Waals surface area contributed by atoms with Crippen molar-refractivity contribution in [3.63, 3.8) is 0 Å². The second-order valence-corrected chi connectivity index (χ2v) is 5.35. The Balaban J connectivity index is 2.30. The maximum absolute atomic E-state index is 12.0. The highest BCUT2D eigenvalue weighted by atomic mass is 16.2. The van der Waals surface area contributed by atoms with Crippen molar-refractivity contribution in [2.75, 3.05) is 0 Å². The Morgan fingerprint density at radius 1 is 0.773 bits per heavy atom. The highest BCUT2D eigenvalue weighted by Crippen LogP contribution is 2.49. The Morgan fingerprint density at radius 3 is 2.14 bits per heavy atom. The molecule has 0 heterocycles. The Kier molecular flexibility index (Phi) is 2.39. The van der Waals surface area contributed by atoms with E-state index in [1.54, 1.807) is 6.07 Å². The normalized spacial score (nSPS) is 11.5. The van der Waals surface area contributed by atoms with E-state index in [9.17, 15) is 9.59 Å². The predicted molar refractivity (Wildman–Crippen MR) is 85.4 cm³/mol. The number of benzene rings is 3. The van der Waals surface area contributed by atoms with E-state index in [4.69, 9.17) is 11.5 Å². The highest BCUT2D eigenvalue weighted by Gasteiger charge is 2.28. The van der Waals surface area contributed by atoms with Gasteiger partial charge in [-0.15, -0.1) is 0 Å². The maximum Gasteiger partial charge on any atom is 0.250 e. The van der Waals surface area contributed by atoms with Gasteiger partial charge in [0.05, 0.1) is 11.1 Å². The van der Waals surface area contributed by atoms with Crippen LogP contribution in [0.25, 0.3) is 33.0 Å². The van der Waals surface area contributed by atoms with Gasteiger partial charge in [0.15, 0.2) is 0 Å². The van der Waals surface area contributed by atoms with Crippen molar-refractivity contribution in [2.45, 2.75) is 0 Å². The molecule has 0 fully saturated rings. The summed E-state index contributed by atoms with van der Waals surface area (Å²) in [6.07, 6.45) is 0. The smallest absolute Gasteiger partial charge is 0.250 e. The molecule has 3 aromatic rings. The molecule has 0 spiro atoms. The average molecular weight is 288 g/mol. The standard InChI is InChI=1S/C18H12N2O2/c19-17(21)13-8-9-4-3-7-11-10-5-1-2-6-12(10)15(14(9)11)16(13)18(20)22/h1-8H,(H2,19,21)(H2,20,22). The summed E-state index contributed by atoms with van der Waals surface area (Å²) in [5, 5.41) is 1.82. The summed E-state index contributed by atoms with van der Waals surface area (Å²) < 4.78 is 0. The number of nitrogens with two attached hydrogens (primary N) is 2. The molecule has 0 aromatic heterocycles. The third-order valence-electron chi connectivity index (χ3n) is 4.16. The topological polar surface area (TPSA) is 86.2 Å². The van der Waals surface area contributed by atoms with Gasteiger partial charge in [0.1, 0.15) is 0 Å². The van der Waals surface area contributed by atoms with E-state index >= 15 is 0 Å². The van der Waals surface area contributed by atoms with Gasteiger partial charge in [-0.2, -0.15) is 0 Å². The summed E-state index contributed by atoms with van der Waals surface area (Å²) in [4.78, 5) is 23.8. The van der Waals surface area contributed by atoms with E-state index in [1.807, 2.05) is 42.5 Å². The number of hydrogen-bond donors (Lipinski definition) is 2. The van der Waals surface area contributed by atoms with Crippen molar-refractivity contribution >= 4 is 22.6 Å². The van der Waals surface area contributed by atoms with E-state index in [-0.39, 0.29) is 11.1 Å². The third-order valence-corrected chi connectivity index (χ3v) is 4.16. The van der Waals surface area contributed by atoms with Crippen LogP contribution in [0.2, 0.25) is 0 Å². The van der Waals surface area contributed by atoms with Gasteiger partial charge < -0.3 is 11.5 Å². The minimum atomic E-state index is -0.651. The molecule has 2 amide bonds. The first-order chi connectivity index (χ1) is 10.6. The molecule has 0 saturated heterocycles. The molecule has 0 bridgehead atoms. The van der Waals surface area contributed by atoms with E-state index in [0.29, 0.717) is 5.56 Å². The number of primary amides is 2. The molecule has 106 valence electrons. The van der Waals surface area contributed by atoms with Gasteiger partial charge in [0.2, 0.25) is 11.8 Å². The van der Waals surface area contributed by atoms with Crippen molar-refractivity contribution in [3.8, 4) is 22.3 Å². The largest absolute Gasteiger partial charge is 0.366 e. The molecule has 4 rings (SSSR count). The minimum Gasteiger partial charge on any atom is -0.366 e. The first-order valence-corrected chi connectivity index (χ1v) is 6.88. The Morgan fingerprint density at radius 2 is 1.45 bits per heavy atom. The van der Waals surface area contributed by atoms with E-state index in [2.05, 4.69) is 0 Å². The van der Waals surface area contributed by atoms with Gasteiger partial charge in [-0.1, -0.05) is 42.5 Å². The average Bonchev–Trinajstić information content (AvgIpc) is 2.84. The molecule has 4 nitrogen and oxygen atoms in total. The second-order valence-electron chi connectivity index (χ2n) is 5.35. The van der Waals surface area contributed by atoms with E-state index < -0.39 is 11.8 Å². The quantitative estimate of drug-likeness (QED) is 0.594. The number of hydrogen-bond acceptors (Lipinski definition) is 2. The molecule has 0 atom stereocenters. The molecule has 4 heteroatoms. The first-order valence-electron chi connectivity index (χ1n) is 6.88. The van der Waals surface area contributed by atoms with Crippen LogP contribution in [0.15, 0.2) is 48.5 Å². The van der Waals surface area contributed by atoms with Crippen LogP contribution in [0.4, 0.5) is 0 Å². The van der Waals surface area contributed by atoms with Crippen LogP contribution < -0.4 is 11.5 Å². The summed E-state index contributed by atoms with van der Waals surface area (Å²) in [5.41, 5.74) is 15.1. The molecule has 3 aromatic carbocycles. The van der Waals surface area contributed by atoms with E-state index in [1.165, 1.54) is 0 Å². The monoisotopic (exact) mass is 288 g/mol. The fraction of sp³-hybridized carbons (Fsp3) is 0. The van der Waals surface area contributed by atoms with Crippen molar-refractivity contribution in [1.29, 1.82) is 0 Å². The zero-order valence-corrected chi connectivity index (χ0v) is 11.6. The van der Waals surface area contributed by atoms with Gasteiger partial charge in [-0.3, -0.25) is 9.59 Å². The number of amides is 2. The summed E-state index contributed by atoms with van der Waals surface area (Å²) in [6, 6.07) is 15.3. The fourth-order valence-corrected chi connectivity index (χ4v) is 3.34. The van der Waals surface area contributed by atoms with Crippen molar-refractivity contribution in [1.82, 2.24) is 0 Å². The lowest BCUT2D eigenvalue weighted by Gasteiger charge is -2.11. The van der Waals surface area contributed by atoms with Gasteiger partial charge in [-0.05, 0) is 33.5 Å². The minimum absolute atomic E-state index is 0.170. The van der Waals surface area contributed by atoms with Gasteiger partial charge in [-0.25, -0.2) is 0 Å². The number of carbonyl (C=O) groups is 2. The SMILES string of the molecule is NC(=O)c1cc2cccc3c2c(c1C(N)=O)-c1ccccc1-3. The van der Waals surface area contributed by atoms with Crippen molar-refractivity contribution in [3.05, 3.63) is 59.7 Å². The molecular formula is C18H12N2O2. The molecule has 1 aliphatic rings. The van der Waals surface area contributed by atoms with Crippen molar-refractivity contribution in [2.24, 2.45) is 11.5 Å².